The molecule has 1 fully saturated rings. The van der Waals surface area contributed by atoms with Gasteiger partial charge in [-0.2, -0.15) is 4.31 Å². The molecule has 3 rings (SSSR count). The Balaban J connectivity index is 1.67. The largest absolute Gasteiger partial charge is 0.337 e. The van der Waals surface area contributed by atoms with Gasteiger partial charge in [0.25, 0.3) is 0 Å². The molecule has 1 saturated heterocycles. The number of carbonyl (C=O) groups is 1. The summed E-state index contributed by atoms with van der Waals surface area (Å²) >= 11 is 0. The van der Waals surface area contributed by atoms with Gasteiger partial charge in [0.05, 0.1) is 4.90 Å². The third kappa shape index (κ3) is 4.07. The number of allylic oxidation sites excluding steroid dienone is 3. The Labute approximate surface area is 156 Å². The van der Waals surface area contributed by atoms with E-state index in [0.29, 0.717) is 31.1 Å². The summed E-state index contributed by atoms with van der Waals surface area (Å²) in [6.07, 6.45) is 11.2. The number of benzene rings is 1. The average molecular weight is 375 g/mol. The summed E-state index contributed by atoms with van der Waals surface area (Å²) in [6.45, 7) is 3.40. The van der Waals surface area contributed by atoms with E-state index in [1.54, 1.807) is 23.1 Å². The monoisotopic (exact) mass is 374 g/mol. The Morgan fingerprint density at radius 1 is 1.00 bits per heavy atom. The molecule has 1 aromatic rings. The van der Waals surface area contributed by atoms with E-state index in [4.69, 9.17) is 0 Å². The summed E-state index contributed by atoms with van der Waals surface area (Å²) in [7, 11) is -3.50. The van der Waals surface area contributed by atoms with E-state index in [1.165, 1.54) is 27.9 Å². The zero-order chi connectivity index (χ0) is 18.6. The minimum atomic E-state index is -3.50. The topological polar surface area (TPSA) is 57.7 Å². The summed E-state index contributed by atoms with van der Waals surface area (Å²) in [5, 5.41) is 0. The van der Waals surface area contributed by atoms with Crippen LogP contribution in [0, 0.1) is 0 Å². The van der Waals surface area contributed by atoms with E-state index in [9.17, 15) is 13.2 Å². The molecule has 0 N–H and O–H groups in total. The van der Waals surface area contributed by atoms with Gasteiger partial charge in [0, 0.05) is 32.3 Å². The van der Waals surface area contributed by atoms with Crippen molar-refractivity contribution in [3.05, 3.63) is 53.6 Å². The van der Waals surface area contributed by atoms with Crippen LogP contribution in [0.2, 0.25) is 0 Å². The molecule has 0 saturated carbocycles. The molecule has 140 valence electrons. The second-order valence-corrected chi connectivity index (χ2v) is 8.69. The number of hydrogen-bond donors (Lipinski definition) is 0. The lowest BCUT2D eigenvalue weighted by atomic mass is 9.92. The second kappa shape index (κ2) is 8.18. The fourth-order valence-electron chi connectivity index (χ4n) is 3.52. The molecule has 0 aromatic heterocycles. The Bertz CT molecular complexity index is 819. The van der Waals surface area contributed by atoms with Gasteiger partial charge in [-0.1, -0.05) is 24.3 Å². The van der Waals surface area contributed by atoms with Crippen LogP contribution in [-0.4, -0.2) is 49.7 Å². The van der Waals surface area contributed by atoms with Crippen LogP contribution in [0.3, 0.4) is 0 Å². The molecule has 0 spiro atoms. The third-order valence-electron chi connectivity index (χ3n) is 5.05. The Morgan fingerprint density at radius 2 is 1.69 bits per heavy atom. The molecule has 1 heterocycles. The van der Waals surface area contributed by atoms with Crippen LogP contribution < -0.4 is 0 Å². The van der Waals surface area contributed by atoms with Crippen LogP contribution >= 0.6 is 0 Å². The number of amides is 1. The average Bonchev–Trinajstić information content (AvgIpc) is 2.67. The molecule has 26 heavy (non-hydrogen) atoms. The van der Waals surface area contributed by atoms with Crippen molar-refractivity contribution in [1.29, 1.82) is 0 Å². The molecular weight excluding hydrogens is 348 g/mol. The summed E-state index contributed by atoms with van der Waals surface area (Å²) in [5.41, 5.74) is 2.44. The van der Waals surface area contributed by atoms with E-state index >= 15 is 0 Å². The van der Waals surface area contributed by atoms with Gasteiger partial charge < -0.3 is 4.90 Å². The predicted molar refractivity (Wildman–Crippen MR) is 102 cm³/mol. The van der Waals surface area contributed by atoms with Crippen molar-refractivity contribution in [2.24, 2.45) is 0 Å². The summed E-state index contributed by atoms with van der Waals surface area (Å²) in [5.74, 6) is -0.0751. The van der Waals surface area contributed by atoms with Crippen molar-refractivity contribution in [1.82, 2.24) is 9.21 Å². The lowest BCUT2D eigenvalue weighted by Gasteiger charge is -2.33. The number of rotatable bonds is 4. The Hall–Kier alpha value is -1.92. The fraction of sp³-hybridized carbons (Fsp3) is 0.450. The molecular formula is C20H26N2O3S. The summed E-state index contributed by atoms with van der Waals surface area (Å²) in [6, 6.07) is 5.55. The lowest BCUT2D eigenvalue weighted by molar-refractivity contribution is -0.127. The first kappa shape index (κ1) is 18.9. The van der Waals surface area contributed by atoms with Crippen molar-refractivity contribution in [2.75, 3.05) is 26.2 Å². The zero-order valence-electron chi connectivity index (χ0n) is 15.2. The van der Waals surface area contributed by atoms with E-state index < -0.39 is 10.0 Å². The minimum absolute atomic E-state index is 0.0751. The molecule has 2 aliphatic rings. The van der Waals surface area contributed by atoms with Crippen molar-refractivity contribution in [3.8, 4) is 0 Å². The van der Waals surface area contributed by atoms with E-state index in [-0.39, 0.29) is 5.91 Å². The normalized spacial score (nSPS) is 19.2. The van der Waals surface area contributed by atoms with Crippen molar-refractivity contribution in [2.45, 2.75) is 37.5 Å². The number of hydrogen-bond acceptors (Lipinski definition) is 3. The van der Waals surface area contributed by atoms with Gasteiger partial charge in [-0.3, -0.25) is 4.79 Å². The maximum Gasteiger partial charge on any atom is 0.246 e. The molecule has 0 bridgehead atoms. The number of piperazine rings is 1. The van der Waals surface area contributed by atoms with Gasteiger partial charge in [-0.25, -0.2) is 8.42 Å². The van der Waals surface area contributed by atoms with Crippen LogP contribution in [0.4, 0.5) is 0 Å². The van der Waals surface area contributed by atoms with Crippen LogP contribution in [0.1, 0.15) is 30.9 Å². The number of sulfonamides is 1. The first-order valence-electron chi connectivity index (χ1n) is 9.22. The quantitative estimate of drug-likeness (QED) is 0.601. The van der Waals surface area contributed by atoms with Gasteiger partial charge in [-0.15, -0.1) is 0 Å². The first-order chi connectivity index (χ1) is 12.5. The Morgan fingerprint density at radius 3 is 2.38 bits per heavy atom. The van der Waals surface area contributed by atoms with E-state index in [2.05, 4.69) is 0 Å². The second-order valence-electron chi connectivity index (χ2n) is 6.75. The third-order valence-corrected chi connectivity index (χ3v) is 6.95. The smallest absolute Gasteiger partial charge is 0.246 e. The summed E-state index contributed by atoms with van der Waals surface area (Å²) < 4.78 is 27.4. The molecule has 1 aliphatic carbocycles. The highest BCUT2D eigenvalue weighted by atomic mass is 32.2. The molecule has 0 radical (unpaired) electrons. The number of carbonyl (C=O) groups excluding carboxylic acids is 1. The highest BCUT2D eigenvalue weighted by Crippen LogP contribution is 2.26. The van der Waals surface area contributed by atoms with Crippen LogP contribution in [0.5, 0.6) is 0 Å². The minimum Gasteiger partial charge on any atom is -0.337 e. The predicted octanol–water partition coefficient (Wildman–Crippen LogP) is 2.53. The first-order valence-corrected chi connectivity index (χ1v) is 10.7. The Kier molecular flexibility index (Phi) is 5.94. The number of fused-ring (bicyclic) bond motifs is 1. The van der Waals surface area contributed by atoms with E-state index in [0.717, 1.165) is 19.3 Å². The van der Waals surface area contributed by atoms with Crippen LogP contribution in [-0.2, 0) is 27.7 Å². The van der Waals surface area contributed by atoms with Gasteiger partial charge in [0.2, 0.25) is 15.9 Å². The highest BCUT2D eigenvalue weighted by molar-refractivity contribution is 7.89. The zero-order valence-corrected chi connectivity index (χ0v) is 16.0. The summed E-state index contributed by atoms with van der Waals surface area (Å²) in [4.78, 5) is 14.2. The van der Waals surface area contributed by atoms with Crippen LogP contribution in [0.25, 0.3) is 0 Å². The maximum absolute atomic E-state index is 13.0. The van der Waals surface area contributed by atoms with Crippen molar-refractivity contribution >= 4 is 15.9 Å². The number of aryl methyl sites for hydroxylation is 2. The fourth-order valence-corrected chi connectivity index (χ4v) is 5.00. The van der Waals surface area contributed by atoms with Gasteiger partial charge in [0.15, 0.2) is 0 Å². The maximum atomic E-state index is 13.0. The van der Waals surface area contributed by atoms with Gasteiger partial charge in [-0.05, 0) is 55.9 Å². The molecule has 1 aromatic carbocycles. The van der Waals surface area contributed by atoms with Crippen LogP contribution in [0.15, 0.2) is 47.4 Å². The van der Waals surface area contributed by atoms with Gasteiger partial charge >= 0.3 is 0 Å². The molecule has 6 heteroatoms. The molecule has 0 atom stereocenters. The van der Waals surface area contributed by atoms with Crippen molar-refractivity contribution in [3.63, 3.8) is 0 Å². The molecule has 5 nitrogen and oxygen atoms in total. The highest BCUT2D eigenvalue weighted by Gasteiger charge is 2.30. The lowest BCUT2D eigenvalue weighted by Crippen LogP contribution is -2.50. The SMILES string of the molecule is CC=CC=CC(=O)N1CCN(S(=O)(=O)c2ccc3c(c2)CCCC3)CC1. The number of nitrogens with zero attached hydrogens (tertiary/aromatic N) is 2. The van der Waals surface area contributed by atoms with Gasteiger partial charge in [0.1, 0.15) is 0 Å². The molecule has 1 aliphatic heterocycles. The molecule has 1 amide bonds. The van der Waals surface area contributed by atoms with Crippen molar-refractivity contribution < 1.29 is 13.2 Å². The van der Waals surface area contributed by atoms with E-state index in [1.807, 2.05) is 25.1 Å². The standard InChI is InChI=1S/C20H26N2O3S/c1-2-3-4-9-20(23)21-12-14-22(15-13-21)26(24,25)19-11-10-17-7-5-6-8-18(17)16-19/h2-4,9-11,16H,5-8,12-15H2,1H3. The molecule has 0 unspecified atom stereocenters.